The van der Waals surface area contributed by atoms with E-state index in [9.17, 15) is 4.79 Å². The van der Waals surface area contributed by atoms with Crippen LogP contribution in [-0.4, -0.2) is 28.8 Å². The summed E-state index contributed by atoms with van der Waals surface area (Å²) >= 11 is 0. The molecule has 3 N–H and O–H groups in total. The lowest BCUT2D eigenvalue weighted by molar-refractivity contribution is -0.134. The molecule has 0 rings (SSSR count). The quantitative estimate of drug-likeness (QED) is 0.424. The standard InChI is InChI=1S/C3H7NO2.C2H4O2/c1-3(6)4-2-5;1-2(3)4/h5H,2H2,1H3,(H,4,6);1H3,(H,3,4). The number of carbonyl (C=O) groups excluding carboxylic acids is 1. The fourth-order valence-electron chi connectivity index (χ4n) is 0.111. The molecule has 5 nitrogen and oxygen atoms in total. The van der Waals surface area contributed by atoms with Crippen LogP contribution in [0.15, 0.2) is 0 Å². The minimum Gasteiger partial charge on any atom is -0.481 e. The zero-order chi connectivity index (χ0) is 8.57. The van der Waals surface area contributed by atoms with Gasteiger partial charge in [0.25, 0.3) is 5.97 Å². The Morgan fingerprint density at radius 2 is 1.70 bits per heavy atom. The van der Waals surface area contributed by atoms with Gasteiger partial charge in [0.2, 0.25) is 5.91 Å². The monoisotopic (exact) mass is 149 g/mol. The van der Waals surface area contributed by atoms with Gasteiger partial charge in [-0.2, -0.15) is 0 Å². The van der Waals surface area contributed by atoms with E-state index in [0.29, 0.717) is 0 Å². The van der Waals surface area contributed by atoms with Crippen molar-refractivity contribution in [3.8, 4) is 0 Å². The fourth-order valence-corrected chi connectivity index (χ4v) is 0.111. The average molecular weight is 149 g/mol. The Hall–Kier alpha value is -1.10. The molecule has 1 amide bonds. The molecule has 0 aliphatic heterocycles. The number of carbonyl (C=O) groups is 2. The molecule has 0 fully saturated rings. The van der Waals surface area contributed by atoms with Crippen LogP contribution >= 0.6 is 0 Å². The van der Waals surface area contributed by atoms with Gasteiger partial charge in [0.15, 0.2) is 0 Å². The van der Waals surface area contributed by atoms with Gasteiger partial charge < -0.3 is 15.5 Å². The number of amides is 1. The highest BCUT2D eigenvalue weighted by atomic mass is 16.4. The van der Waals surface area contributed by atoms with E-state index in [1.807, 2.05) is 0 Å². The third-order valence-electron chi connectivity index (χ3n) is 0.328. The number of hydrogen-bond donors (Lipinski definition) is 3. The molecule has 0 radical (unpaired) electrons. The van der Waals surface area contributed by atoms with Crippen LogP contribution in [0.3, 0.4) is 0 Å². The van der Waals surface area contributed by atoms with Crippen molar-refractivity contribution >= 4 is 11.9 Å². The molecule has 0 aromatic heterocycles. The first-order chi connectivity index (χ1) is 4.50. The van der Waals surface area contributed by atoms with Gasteiger partial charge in [0, 0.05) is 13.8 Å². The minimum absolute atomic E-state index is 0.211. The molecule has 0 aromatic rings. The van der Waals surface area contributed by atoms with Crippen molar-refractivity contribution in [2.75, 3.05) is 6.73 Å². The van der Waals surface area contributed by atoms with Crippen LogP contribution in [0.25, 0.3) is 0 Å². The van der Waals surface area contributed by atoms with Gasteiger partial charge in [-0.05, 0) is 0 Å². The van der Waals surface area contributed by atoms with Crippen molar-refractivity contribution in [3.05, 3.63) is 0 Å². The lowest BCUT2D eigenvalue weighted by Gasteiger charge is -1.88. The van der Waals surface area contributed by atoms with Gasteiger partial charge in [-0.15, -0.1) is 0 Å². The van der Waals surface area contributed by atoms with E-state index in [2.05, 4.69) is 5.32 Å². The maximum atomic E-state index is 9.77. The third kappa shape index (κ3) is 66.5. The number of hydrogen-bond acceptors (Lipinski definition) is 3. The van der Waals surface area contributed by atoms with Crippen LogP contribution in [0.2, 0.25) is 0 Å². The Bertz CT molecular complexity index is 108. The molecule has 10 heavy (non-hydrogen) atoms. The molecule has 0 saturated heterocycles. The molecule has 0 atom stereocenters. The first-order valence-corrected chi connectivity index (χ1v) is 2.55. The van der Waals surface area contributed by atoms with Crippen LogP contribution in [0.1, 0.15) is 13.8 Å². The highest BCUT2D eigenvalue weighted by molar-refractivity contribution is 5.72. The molecule has 0 aromatic carbocycles. The molecule has 0 bridgehead atoms. The van der Waals surface area contributed by atoms with E-state index in [1.165, 1.54) is 6.92 Å². The topological polar surface area (TPSA) is 86.6 Å². The molecule has 0 aliphatic carbocycles. The summed E-state index contributed by atoms with van der Waals surface area (Å²) in [4.78, 5) is 18.8. The number of rotatable bonds is 1. The van der Waals surface area contributed by atoms with E-state index < -0.39 is 5.97 Å². The fraction of sp³-hybridized carbons (Fsp3) is 0.600. The molecule has 0 aliphatic rings. The van der Waals surface area contributed by atoms with Crippen molar-refractivity contribution in [2.24, 2.45) is 0 Å². The van der Waals surface area contributed by atoms with E-state index in [0.717, 1.165) is 6.92 Å². The summed E-state index contributed by atoms with van der Waals surface area (Å²) in [5, 5.41) is 17.4. The second-order valence-electron chi connectivity index (χ2n) is 1.41. The maximum absolute atomic E-state index is 9.77. The average Bonchev–Trinajstić information content (AvgIpc) is 1.62. The zero-order valence-corrected chi connectivity index (χ0v) is 5.92. The molecular weight excluding hydrogens is 138 g/mol. The minimum atomic E-state index is -0.833. The number of aliphatic carboxylic acids is 1. The first-order valence-electron chi connectivity index (χ1n) is 2.55. The Kier molecular flexibility index (Phi) is 9.22. The SMILES string of the molecule is CC(=O)NCO.CC(=O)O. The Morgan fingerprint density at radius 1 is 1.40 bits per heavy atom. The molecule has 0 saturated carbocycles. The summed E-state index contributed by atoms with van der Waals surface area (Å²) in [6.45, 7) is 2.16. The number of carboxylic acid groups (broad SMARTS) is 1. The summed E-state index contributed by atoms with van der Waals surface area (Å²) in [5.74, 6) is -1.04. The Labute approximate surface area is 58.7 Å². The summed E-state index contributed by atoms with van der Waals surface area (Å²) < 4.78 is 0. The predicted molar refractivity (Wildman–Crippen MR) is 34.2 cm³/mol. The van der Waals surface area contributed by atoms with Gasteiger partial charge in [-0.25, -0.2) is 0 Å². The highest BCUT2D eigenvalue weighted by Crippen LogP contribution is 1.51. The zero-order valence-electron chi connectivity index (χ0n) is 5.92. The Morgan fingerprint density at radius 3 is 1.70 bits per heavy atom. The lowest BCUT2D eigenvalue weighted by atomic mass is 10.7. The highest BCUT2D eigenvalue weighted by Gasteiger charge is 1.79. The normalized spacial score (nSPS) is 7.10. The maximum Gasteiger partial charge on any atom is 0.300 e. The number of nitrogens with one attached hydrogen (secondary N) is 1. The van der Waals surface area contributed by atoms with Crippen molar-refractivity contribution in [1.29, 1.82) is 0 Å². The number of carboxylic acids is 1. The number of aliphatic hydroxyl groups is 1. The first kappa shape index (κ1) is 11.7. The molecule has 0 spiro atoms. The van der Waals surface area contributed by atoms with Crippen LogP contribution in [0.5, 0.6) is 0 Å². The van der Waals surface area contributed by atoms with Crippen LogP contribution in [-0.2, 0) is 9.59 Å². The van der Waals surface area contributed by atoms with E-state index in [1.54, 1.807) is 0 Å². The summed E-state index contributed by atoms with van der Waals surface area (Å²) in [5.41, 5.74) is 0. The lowest BCUT2D eigenvalue weighted by Crippen LogP contribution is -2.19. The summed E-state index contributed by atoms with van der Waals surface area (Å²) in [7, 11) is 0. The molecule has 60 valence electrons. The van der Waals surface area contributed by atoms with Crippen LogP contribution in [0, 0.1) is 0 Å². The van der Waals surface area contributed by atoms with Crippen molar-refractivity contribution in [1.82, 2.24) is 5.32 Å². The summed E-state index contributed by atoms with van der Waals surface area (Å²) in [6.07, 6.45) is 0. The van der Waals surface area contributed by atoms with Gasteiger partial charge in [0.05, 0.1) is 0 Å². The van der Waals surface area contributed by atoms with E-state index in [-0.39, 0.29) is 12.6 Å². The summed E-state index contributed by atoms with van der Waals surface area (Å²) in [6, 6.07) is 0. The van der Waals surface area contributed by atoms with Gasteiger partial charge in [-0.1, -0.05) is 0 Å². The van der Waals surface area contributed by atoms with Crippen molar-refractivity contribution in [2.45, 2.75) is 13.8 Å². The Balaban J connectivity index is 0. The van der Waals surface area contributed by atoms with Crippen molar-refractivity contribution in [3.63, 3.8) is 0 Å². The molecular formula is C5H11NO4. The number of aliphatic hydroxyl groups excluding tert-OH is 1. The molecule has 0 heterocycles. The predicted octanol–water partition coefficient (Wildman–Crippen LogP) is -0.837. The smallest absolute Gasteiger partial charge is 0.300 e. The van der Waals surface area contributed by atoms with Gasteiger partial charge in [0.1, 0.15) is 6.73 Å². The van der Waals surface area contributed by atoms with Crippen molar-refractivity contribution < 1.29 is 19.8 Å². The molecule has 5 heteroatoms. The van der Waals surface area contributed by atoms with E-state index in [4.69, 9.17) is 15.0 Å². The second kappa shape index (κ2) is 7.90. The third-order valence-corrected chi connectivity index (χ3v) is 0.328. The second-order valence-corrected chi connectivity index (χ2v) is 1.41. The van der Waals surface area contributed by atoms with E-state index >= 15 is 0 Å². The molecule has 0 unspecified atom stereocenters. The van der Waals surface area contributed by atoms with Gasteiger partial charge in [-0.3, -0.25) is 9.59 Å². The van der Waals surface area contributed by atoms with Crippen LogP contribution < -0.4 is 5.32 Å². The van der Waals surface area contributed by atoms with Crippen LogP contribution in [0.4, 0.5) is 0 Å². The van der Waals surface area contributed by atoms with Gasteiger partial charge >= 0.3 is 0 Å². The largest absolute Gasteiger partial charge is 0.481 e.